The third-order valence-electron chi connectivity index (χ3n) is 4.16. The lowest BCUT2D eigenvalue weighted by molar-refractivity contribution is 0.0653. The molecule has 0 aromatic rings. The number of hydrogen-bond acceptors (Lipinski definition) is 3. The molecule has 112 valence electrons. The van der Waals surface area contributed by atoms with Gasteiger partial charge < -0.3 is 20.1 Å². The summed E-state index contributed by atoms with van der Waals surface area (Å²) in [6.07, 6.45) is 4.94. The van der Waals surface area contributed by atoms with Crippen LogP contribution in [0.15, 0.2) is 4.99 Å². The van der Waals surface area contributed by atoms with Gasteiger partial charge in [0.2, 0.25) is 0 Å². The number of rotatable bonds is 5. The van der Waals surface area contributed by atoms with Crippen LogP contribution in [0.25, 0.3) is 0 Å². The van der Waals surface area contributed by atoms with Gasteiger partial charge >= 0.3 is 0 Å². The predicted octanol–water partition coefficient (Wildman–Crippen LogP) is 1.46. The number of hydrogen-bond donors (Lipinski definition) is 1. The van der Waals surface area contributed by atoms with Crippen LogP contribution in [0, 0.1) is 5.41 Å². The maximum absolute atomic E-state index is 6.05. The molecule has 19 heavy (non-hydrogen) atoms. The molecule has 1 saturated heterocycles. The maximum atomic E-state index is 6.05. The minimum absolute atomic E-state index is 0. The molecule has 2 rings (SSSR count). The second-order valence-corrected chi connectivity index (χ2v) is 5.37. The first-order chi connectivity index (χ1) is 8.76. The van der Waals surface area contributed by atoms with E-state index in [1.54, 1.807) is 7.11 Å². The van der Waals surface area contributed by atoms with Gasteiger partial charge in [0.15, 0.2) is 5.96 Å². The molecular weight excluding hydrogens is 357 g/mol. The molecule has 1 heterocycles. The fraction of sp³-hybridized carbons (Fsp3) is 0.923. The first-order valence-corrected chi connectivity index (χ1v) is 6.87. The Kier molecular flexibility index (Phi) is 7.38. The zero-order valence-corrected chi connectivity index (χ0v) is 14.1. The Hall–Kier alpha value is -0.0800. The quantitative estimate of drug-likeness (QED) is 0.444. The van der Waals surface area contributed by atoms with Crippen LogP contribution in [0.2, 0.25) is 0 Å². The van der Waals surface area contributed by atoms with Gasteiger partial charge in [0.25, 0.3) is 0 Å². The summed E-state index contributed by atoms with van der Waals surface area (Å²) in [7, 11) is 1.76. The third-order valence-corrected chi connectivity index (χ3v) is 4.16. The Morgan fingerprint density at radius 1 is 1.37 bits per heavy atom. The molecule has 0 amide bonds. The van der Waals surface area contributed by atoms with Gasteiger partial charge in [0.1, 0.15) is 0 Å². The molecule has 0 unspecified atom stereocenters. The first kappa shape index (κ1) is 17.0. The molecule has 1 saturated carbocycles. The summed E-state index contributed by atoms with van der Waals surface area (Å²) < 4.78 is 10.5. The molecule has 2 fully saturated rings. The van der Waals surface area contributed by atoms with E-state index >= 15 is 0 Å². The van der Waals surface area contributed by atoms with E-state index in [9.17, 15) is 0 Å². The number of halogens is 1. The van der Waals surface area contributed by atoms with Crippen molar-refractivity contribution in [2.24, 2.45) is 16.1 Å². The fourth-order valence-corrected chi connectivity index (χ4v) is 2.62. The zero-order chi connectivity index (χ0) is 12.8. The highest BCUT2D eigenvalue weighted by atomic mass is 127. The van der Waals surface area contributed by atoms with Gasteiger partial charge in [0, 0.05) is 33.4 Å². The van der Waals surface area contributed by atoms with Crippen LogP contribution in [-0.4, -0.2) is 57.4 Å². The molecule has 2 N–H and O–H groups in total. The average molecular weight is 383 g/mol. The minimum Gasteiger partial charge on any atom is -0.385 e. The number of ether oxygens (including phenoxy) is 2. The Bertz CT molecular complexity index is 290. The molecule has 0 bridgehead atoms. The van der Waals surface area contributed by atoms with Gasteiger partial charge in [-0.15, -0.1) is 24.0 Å². The third kappa shape index (κ3) is 4.75. The number of methoxy groups -OCH3 is 1. The Morgan fingerprint density at radius 3 is 2.58 bits per heavy atom. The van der Waals surface area contributed by atoms with Crippen molar-refractivity contribution in [2.45, 2.75) is 25.7 Å². The van der Waals surface area contributed by atoms with Crippen molar-refractivity contribution in [1.29, 1.82) is 0 Å². The molecule has 2 aliphatic rings. The van der Waals surface area contributed by atoms with Crippen molar-refractivity contribution < 1.29 is 9.47 Å². The van der Waals surface area contributed by atoms with Gasteiger partial charge in [-0.2, -0.15) is 0 Å². The van der Waals surface area contributed by atoms with Crippen LogP contribution in [-0.2, 0) is 9.47 Å². The standard InChI is InChI=1S/C13H25N3O2.HI/c1-17-8-5-13(3-2-4-13)11-15-12(14)16-6-9-18-10-7-16;/h2-11H2,1H3,(H2,14,15);1H. The van der Waals surface area contributed by atoms with Gasteiger partial charge in [-0.25, -0.2) is 0 Å². The van der Waals surface area contributed by atoms with Gasteiger partial charge in [-0.1, -0.05) is 6.42 Å². The molecule has 0 spiro atoms. The van der Waals surface area contributed by atoms with Crippen LogP contribution in [0.1, 0.15) is 25.7 Å². The normalized spacial score (nSPS) is 22.6. The molecule has 0 aromatic carbocycles. The number of aliphatic imine (C=N–C) groups is 1. The fourth-order valence-electron chi connectivity index (χ4n) is 2.62. The smallest absolute Gasteiger partial charge is 0.191 e. The number of guanidine groups is 1. The van der Waals surface area contributed by atoms with E-state index in [0.29, 0.717) is 11.4 Å². The van der Waals surface area contributed by atoms with Crippen molar-refractivity contribution in [3.8, 4) is 0 Å². The molecule has 0 radical (unpaired) electrons. The summed E-state index contributed by atoms with van der Waals surface area (Å²) >= 11 is 0. The van der Waals surface area contributed by atoms with E-state index in [4.69, 9.17) is 15.2 Å². The first-order valence-electron chi connectivity index (χ1n) is 6.87. The lowest BCUT2D eigenvalue weighted by Gasteiger charge is -2.41. The predicted molar refractivity (Wildman–Crippen MR) is 87.1 cm³/mol. The van der Waals surface area contributed by atoms with Crippen LogP contribution in [0.5, 0.6) is 0 Å². The second-order valence-electron chi connectivity index (χ2n) is 5.37. The monoisotopic (exact) mass is 383 g/mol. The van der Waals surface area contributed by atoms with E-state index in [0.717, 1.165) is 45.9 Å². The molecule has 1 aliphatic carbocycles. The second kappa shape index (κ2) is 8.26. The highest BCUT2D eigenvalue weighted by Crippen LogP contribution is 2.44. The maximum Gasteiger partial charge on any atom is 0.191 e. The summed E-state index contributed by atoms with van der Waals surface area (Å²) in [4.78, 5) is 6.72. The largest absolute Gasteiger partial charge is 0.385 e. The number of nitrogens with zero attached hydrogens (tertiary/aromatic N) is 2. The van der Waals surface area contributed by atoms with E-state index in [2.05, 4.69) is 9.89 Å². The van der Waals surface area contributed by atoms with Crippen molar-refractivity contribution in [3.63, 3.8) is 0 Å². The van der Waals surface area contributed by atoms with Crippen LogP contribution < -0.4 is 5.73 Å². The highest BCUT2D eigenvalue weighted by Gasteiger charge is 2.36. The molecule has 1 aliphatic heterocycles. The van der Waals surface area contributed by atoms with Crippen molar-refractivity contribution >= 4 is 29.9 Å². The summed E-state index contributed by atoms with van der Waals surface area (Å²) in [6, 6.07) is 0. The Labute approximate surface area is 132 Å². The summed E-state index contributed by atoms with van der Waals surface area (Å²) in [5.74, 6) is 0.682. The molecule has 6 heteroatoms. The molecule has 5 nitrogen and oxygen atoms in total. The van der Waals surface area contributed by atoms with Crippen LogP contribution in [0.3, 0.4) is 0 Å². The van der Waals surface area contributed by atoms with E-state index in [-0.39, 0.29) is 24.0 Å². The van der Waals surface area contributed by atoms with Gasteiger partial charge in [0.05, 0.1) is 13.2 Å². The molecular formula is C13H26IN3O2. The van der Waals surface area contributed by atoms with Gasteiger partial charge in [-0.05, 0) is 24.7 Å². The molecule has 0 atom stereocenters. The Morgan fingerprint density at radius 2 is 2.05 bits per heavy atom. The minimum atomic E-state index is 0. The molecule has 0 aromatic heterocycles. The van der Waals surface area contributed by atoms with Gasteiger partial charge in [-0.3, -0.25) is 4.99 Å². The van der Waals surface area contributed by atoms with Crippen molar-refractivity contribution in [3.05, 3.63) is 0 Å². The Balaban J connectivity index is 0.00000180. The zero-order valence-electron chi connectivity index (χ0n) is 11.8. The number of morpholine rings is 1. The lowest BCUT2D eigenvalue weighted by Crippen LogP contribution is -2.45. The van der Waals surface area contributed by atoms with Crippen LogP contribution in [0.4, 0.5) is 0 Å². The summed E-state index contributed by atoms with van der Waals surface area (Å²) in [5.41, 5.74) is 6.41. The van der Waals surface area contributed by atoms with Crippen molar-refractivity contribution in [1.82, 2.24) is 4.90 Å². The average Bonchev–Trinajstić information content (AvgIpc) is 2.38. The van der Waals surface area contributed by atoms with Crippen molar-refractivity contribution in [2.75, 3.05) is 46.6 Å². The summed E-state index contributed by atoms with van der Waals surface area (Å²) in [5, 5.41) is 0. The van der Waals surface area contributed by atoms with E-state index < -0.39 is 0 Å². The summed E-state index contributed by atoms with van der Waals surface area (Å²) in [6.45, 7) is 4.91. The highest BCUT2D eigenvalue weighted by molar-refractivity contribution is 14.0. The lowest BCUT2D eigenvalue weighted by atomic mass is 9.67. The number of nitrogens with two attached hydrogens (primary N) is 1. The van der Waals surface area contributed by atoms with Crippen LogP contribution >= 0.6 is 24.0 Å². The SMILES string of the molecule is COCCC1(CN=C(N)N2CCOCC2)CCC1.I. The van der Waals surface area contributed by atoms with E-state index in [1.807, 2.05) is 0 Å². The topological polar surface area (TPSA) is 60.1 Å². The van der Waals surface area contributed by atoms with E-state index in [1.165, 1.54) is 19.3 Å².